The Kier molecular flexibility index (Phi) is 8.57. The fraction of sp³-hybridized carbons (Fsp3) is 1.00. The van der Waals surface area contributed by atoms with Crippen LogP contribution in [0.25, 0.3) is 0 Å². The van der Waals surface area contributed by atoms with Crippen LogP contribution >= 0.6 is 0 Å². The summed E-state index contributed by atoms with van der Waals surface area (Å²) in [6, 6.07) is 0. The molecule has 0 rings (SSSR count). The Morgan fingerprint density at radius 2 is 1.82 bits per heavy atom. The summed E-state index contributed by atoms with van der Waals surface area (Å²) in [5, 5.41) is 0. The van der Waals surface area contributed by atoms with Gasteiger partial charge in [-0.1, -0.05) is 13.8 Å². The van der Waals surface area contributed by atoms with E-state index in [-0.39, 0.29) is 0 Å². The maximum atomic E-state index is 4.62. The lowest BCUT2D eigenvalue weighted by Gasteiger charge is -2.17. The summed E-state index contributed by atoms with van der Waals surface area (Å²) in [5.74, 6) is 0. The predicted octanol–water partition coefficient (Wildman–Crippen LogP) is 1.16. The van der Waals surface area contributed by atoms with Crippen LogP contribution in [0.15, 0.2) is 0 Å². The number of nitrogens with zero attached hydrogens (tertiary/aromatic N) is 1. The first-order valence-corrected chi connectivity index (χ1v) is 4.83. The van der Waals surface area contributed by atoms with Gasteiger partial charge in [-0.25, -0.2) is 0 Å². The van der Waals surface area contributed by atoms with Crippen molar-refractivity contribution in [3.63, 3.8) is 0 Å². The molecule has 2 nitrogen and oxygen atoms in total. The third kappa shape index (κ3) is 6.66. The lowest BCUT2D eigenvalue weighted by Crippen LogP contribution is -2.24. The van der Waals surface area contributed by atoms with Crippen molar-refractivity contribution in [2.75, 3.05) is 26.2 Å². The monoisotopic (exact) mass is 175 g/mol. The summed E-state index contributed by atoms with van der Waals surface area (Å²) in [7, 11) is 0. The first-order chi connectivity index (χ1) is 5.35. The molecule has 0 saturated carbocycles. The Morgan fingerprint density at radius 3 is 2.27 bits per heavy atom. The van der Waals surface area contributed by atoms with Gasteiger partial charge in [0, 0.05) is 0 Å². The fourth-order valence-corrected chi connectivity index (χ4v) is 1.22. The van der Waals surface area contributed by atoms with Gasteiger partial charge >= 0.3 is 0 Å². The highest BCUT2D eigenvalue weighted by Gasteiger charge is 1.96. The summed E-state index contributed by atoms with van der Waals surface area (Å²) in [6.07, 6.45) is 2.45. The van der Waals surface area contributed by atoms with Gasteiger partial charge in [-0.2, -0.15) is 0 Å². The van der Waals surface area contributed by atoms with Crippen molar-refractivity contribution in [2.24, 2.45) is 0 Å². The van der Waals surface area contributed by atoms with E-state index in [0.29, 0.717) is 0 Å². The second kappa shape index (κ2) is 8.37. The van der Waals surface area contributed by atoms with Gasteiger partial charge < -0.3 is 22.4 Å². The Labute approximate surface area is 75.9 Å². The molecule has 0 aliphatic heterocycles. The summed E-state index contributed by atoms with van der Waals surface area (Å²) in [6.45, 7) is 8.92. The molecule has 0 aromatic carbocycles. The second-order valence-corrected chi connectivity index (χ2v) is 2.92. The number of rotatable bonds is 7. The van der Waals surface area contributed by atoms with E-state index >= 15 is 0 Å². The van der Waals surface area contributed by atoms with Gasteiger partial charge in [0.15, 0.2) is 0 Å². The van der Waals surface area contributed by atoms with Crippen molar-refractivity contribution in [2.45, 2.75) is 26.7 Å². The lowest BCUT2D eigenvalue weighted by molar-refractivity contribution is 0.297. The molecule has 0 amide bonds. The quantitative estimate of drug-likeness (QED) is 0.462. The van der Waals surface area contributed by atoms with Crippen LogP contribution in [0.2, 0.25) is 0 Å². The highest BCUT2D eigenvalue weighted by molar-refractivity contribution is 7.56. The molecule has 3 heteroatoms. The van der Waals surface area contributed by atoms with Crippen LogP contribution in [-0.4, -0.2) is 31.1 Å². The largest absolute Gasteiger partial charge is 0.705 e. The van der Waals surface area contributed by atoms with Crippen molar-refractivity contribution in [3.05, 3.63) is 0 Å². The summed E-state index contributed by atoms with van der Waals surface area (Å²) in [4.78, 5) is 2.43. The standard InChI is InChI=1S/C8H19N2S/c1-3-10(4-2)8-6-5-7-9-11/h9H,3-8H2,1-2H3/q-1. The van der Waals surface area contributed by atoms with Gasteiger partial charge in [0.05, 0.1) is 0 Å². The maximum Gasteiger partial charge on any atom is -0.00185 e. The minimum Gasteiger partial charge on any atom is -0.705 e. The first-order valence-electron chi connectivity index (χ1n) is 4.42. The molecule has 0 radical (unpaired) electrons. The highest BCUT2D eigenvalue weighted by Crippen LogP contribution is 1.93. The molecular weight excluding hydrogens is 156 g/mol. The van der Waals surface area contributed by atoms with Gasteiger partial charge in [0.1, 0.15) is 0 Å². The summed E-state index contributed by atoms with van der Waals surface area (Å²) >= 11 is 4.62. The average Bonchev–Trinajstić information content (AvgIpc) is 2.05. The number of hydrogen-bond acceptors (Lipinski definition) is 3. The molecular formula is C8H19N2S-. The van der Waals surface area contributed by atoms with E-state index in [2.05, 4.69) is 36.3 Å². The van der Waals surface area contributed by atoms with Crippen LogP contribution in [0.5, 0.6) is 0 Å². The van der Waals surface area contributed by atoms with E-state index in [1.54, 1.807) is 0 Å². The third-order valence-corrected chi connectivity index (χ3v) is 2.10. The van der Waals surface area contributed by atoms with E-state index in [0.717, 1.165) is 19.6 Å². The van der Waals surface area contributed by atoms with Crippen LogP contribution in [0.1, 0.15) is 26.7 Å². The molecule has 1 N–H and O–H groups in total. The normalized spacial score (nSPS) is 10.9. The topological polar surface area (TPSA) is 15.3 Å². The van der Waals surface area contributed by atoms with Crippen molar-refractivity contribution < 1.29 is 0 Å². The highest BCUT2D eigenvalue weighted by atomic mass is 32.1. The van der Waals surface area contributed by atoms with E-state index in [9.17, 15) is 0 Å². The molecule has 0 atom stereocenters. The molecule has 0 aliphatic rings. The van der Waals surface area contributed by atoms with Gasteiger partial charge in [-0.15, -0.1) is 0 Å². The molecule has 0 fully saturated rings. The molecule has 0 bridgehead atoms. The van der Waals surface area contributed by atoms with Crippen molar-refractivity contribution in [1.29, 1.82) is 0 Å². The molecule has 0 saturated heterocycles. The van der Waals surface area contributed by atoms with Crippen LogP contribution in [0, 0.1) is 0 Å². The van der Waals surface area contributed by atoms with Crippen molar-refractivity contribution in [3.8, 4) is 0 Å². The Bertz CT molecular complexity index is 74.5. The van der Waals surface area contributed by atoms with Gasteiger partial charge in [0.2, 0.25) is 0 Å². The molecule has 0 heterocycles. The van der Waals surface area contributed by atoms with Crippen LogP contribution in [-0.2, 0) is 12.8 Å². The maximum absolute atomic E-state index is 4.62. The van der Waals surface area contributed by atoms with Crippen molar-refractivity contribution in [1.82, 2.24) is 9.62 Å². The lowest BCUT2D eigenvalue weighted by atomic mass is 10.3. The summed E-state index contributed by atoms with van der Waals surface area (Å²) < 4.78 is 2.74. The molecule has 0 spiro atoms. The molecule has 68 valence electrons. The Morgan fingerprint density at radius 1 is 1.18 bits per heavy atom. The van der Waals surface area contributed by atoms with Gasteiger partial charge in [-0.3, -0.25) is 0 Å². The van der Waals surface area contributed by atoms with Gasteiger partial charge in [0.25, 0.3) is 0 Å². The zero-order chi connectivity index (χ0) is 8.53. The van der Waals surface area contributed by atoms with E-state index in [1.807, 2.05) is 0 Å². The van der Waals surface area contributed by atoms with Crippen molar-refractivity contribution >= 4 is 12.8 Å². The van der Waals surface area contributed by atoms with Gasteiger partial charge in [-0.05, 0) is 39.0 Å². The predicted molar refractivity (Wildman–Crippen MR) is 52.4 cm³/mol. The molecule has 0 aromatic heterocycles. The molecule has 11 heavy (non-hydrogen) atoms. The van der Waals surface area contributed by atoms with Crippen LogP contribution in [0.4, 0.5) is 0 Å². The molecule has 0 aromatic rings. The summed E-state index contributed by atoms with van der Waals surface area (Å²) in [5.41, 5.74) is 0. The van der Waals surface area contributed by atoms with E-state index < -0.39 is 0 Å². The number of nitrogens with one attached hydrogen (secondary N) is 1. The van der Waals surface area contributed by atoms with Crippen LogP contribution in [0.3, 0.4) is 0 Å². The molecule has 0 aliphatic carbocycles. The smallest absolute Gasteiger partial charge is 0.00185 e. The van der Waals surface area contributed by atoms with Crippen LogP contribution < -0.4 is 4.72 Å². The van der Waals surface area contributed by atoms with E-state index in [1.165, 1.54) is 19.4 Å². The minimum atomic E-state index is 0.969. The number of unbranched alkanes of at least 4 members (excludes halogenated alkanes) is 1. The Hall–Kier alpha value is 0.270. The number of hydrogen-bond donors (Lipinski definition) is 1. The second-order valence-electron chi connectivity index (χ2n) is 2.63. The molecule has 0 unspecified atom stereocenters. The first kappa shape index (κ1) is 11.3. The zero-order valence-corrected chi connectivity index (χ0v) is 8.41. The average molecular weight is 175 g/mol. The third-order valence-electron chi connectivity index (χ3n) is 1.90. The SMILES string of the molecule is CCN(CC)CCCCN[S-]. The zero-order valence-electron chi connectivity index (χ0n) is 7.60. The fourth-order valence-electron chi connectivity index (χ4n) is 1.07. The Balaban J connectivity index is 3.07. The van der Waals surface area contributed by atoms with E-state index in [4.69, 9.17) is 0 Å². The minimum absolute atomic E-state index is 0.969.